The van der Waals surface area contributed by atoms with Gasteiger partial charge < -0.3 is 0 Å². The summed E-state index contributed by atoms with van der Waals surface area (Å²) >= 11 is 0. The molecule has 0 spiro atoms. The van der Waals surface area contributed by atoms with E-state index in [1.807, 2.05) is 6.92 Å². The van der Waals surface area contributed by atoms with Crippen molar-refractivity contribution in [2.24, 2.45) is 0 Å². The Balaban J connectivity index is 2.56. The third-order valence-corrected chi connectivity index (χ3v) is 1.77. The van der Waals surface area contributed by atoms with Crippen molar-refractivity contribution in [3.8, 4) is 5.69 Å². The number of carbonyl (C=O) groups is 1. The number of carbonyl (C=O) groups excluding carboxylic acids is 1. The van der Waals surface area contributed by atoms with Crippen LogP contribution in [0.25, 0.3) is 5.69 Å². The lowest BCUT2D eigenvalue weighted by molar-refractivity contribution is 0.111. The van der Waals surface area contributed by atoms with Crippen molar-refractivity contribution in [2.45, 2.75) is 6.92 Å². The van der Waals surface area contributed by atoms with Crippen LogP contribution in [0.15, 0.2) is 24.8 Å². The summed E-state index contributed by atoms with van der Waals surface area (Å²) in [6, 6.07) is 1.71. The van der Waals surface area contributed by atoms with Crippen LogP contribution in [0.4, 0.5) is 0 Å². The molecule has 0 atom stereocenters. The van der Waals surface area contributed by atoms with Crippen molar-refractivity contribution in [1.82, 2.24) is 19.7 Å². The molecule has 0 aliphatic heterocycles. The summed E-state index contributed by atoms with van der Waals surface area (Å²) in [4.78, 5) is 18.4. The molecule has 14 heavy (non-hydrogen) atoms. The van der Waals surface area contributed by atoms with Crippen molar-refractivity contribution in [1.29, 1.82) is 0 Å². The van der Waals surface area contributed by atoms with E-state index in [1.165, 1.54) is 11.0 Å². The Hall–Kier alpha value is -2.04. The molecule has 0 aromatic carbocycles. The van der Waals surface area contributed by atoms with Crippen molar-refractivity contribution < 1.29 is 4.79 Å². The third-order valence-electron chi connectivity index (χ3n) is 1.77. The highest BCUT2D eigenvalue weighted by atomic mass is 16.1. The van der Waals surface area contributed by atoms with E-state index in [0.29, 0.717) is 11.4 Å². The Morgan fingerprint density at radius 1 is 1.36 bits per heavy atom. The minimum absolute atomic E-state index is 0.498. The molecule has 2 rings (SSSR count). The number of rotatable bonds is 2. The lowest BCUT2D eigenvalue weighted by Crippen LogP contribution is -2.02. The second kappa shape index (κ2) is 3.37. The first-order chi connectivity index (χ1) is 6.81. The van der Waals surface area contributed by atoms with E-state index in [4.69, 9.17) is 0 Å². The number of aldehydes is 1. The molecule has 0 bridgehead atoms. The molecule has 2 aromatic heterocycles. The summed E-state index contributed by atoms with van der Waals surface area (Å²) in [5, 5.41) is 4.16. The molecule has 0 N–H and O–H groups in total. The molecule has 0 fully saturated rings. The first-order valence-corrected chi connectivity index (χ1v) is 4.08. The predicted molar refractivity (Wildman–Crippen MR) is 49.3 cm³/mol. The van der Waals surface area contributed by atoms with Crippen LogP contribution in [0.3, 0.4) is 0 Å². The van der Waals surface area contributed by atoms with E-state index in [1.54, 1.807) is 18.5 Å². The molecule has 0 unspecified atom stereocenters. The molecule has 0 amide bonds. The van der Waals surface area contributed by atoms with Crippen LogP contribution in [0, 0.1) is 6.92 Å². The van der Waals surface area contributed by atoms with E-state index >= 15 is 0 Å². The lowest BCUT2D eigenvalue weighted by atomic mass is 10.4. The quantitative estimate of drug-likeness (QED) is 0.653. The number of aromatic nitrogens is 4. The first-order valence-electron chi connectivity index (χ1n) is 4.08. The molecule has 0 saturated heterocycles. The first kappa shape index (κ1) is 8.55. The van der Waals surface area contributed by atoms with Gasteiger partial charge in [0.1, 0.15) is 17.7 Å². The molecular formula is C9H8N4O. The topological polar surface area (TPSA) is 60.7 Å². The van der Waals surface area contributed by atoms with Crippen LogP contribution in [-0.4, -0.2) is 26.0 Å². The fourth-order valence-corrected chi connectivity index (χ4v) is 1.21. The van der Waals surface area contributed by atoms with E-state index in [9.17, 15) is 4.79 Å². The second-order valence-electron chi connectivity index (χ2n) is 2.84. The minimum atomic E-state index is 0.498. The van der Waals surface area contributed by atoms with Crippen molar-refractivity contribution in [2.75, 3.05) is 0 Å². The Morgan fingerprint density at radius 2 is 2.07 bits per heavy atom. The predicted octanol–water partition coefficient (Wildman–Crippen LogP) is 0.783. The normalized spacial score (nSPS) is 10.1. The molecule has 2 heterocycles. The molecule has 0 radical (unpaired) electrons. The highest BCUT2D eigenvalue weighted by molar-refractivity contribution is 5.73. The second-order valence-corrected chi connectivity index (χ2v) is 2.84. The van der Waals surface area contributed by atoms with Crippen LogP contribution < -0.4 is 0 Å². The molecule has 70 valence electrons. The zero-order valence-electron chi connectivity index (χ0n) is 7.58. The van der Waals surface area contributed by atoms with E-state index < -0.39 is 0 Å². The molecular weight excluding hydrogens is 180 g/mol. The Bertz CT molecular complexity index is 449. The van der Waals surface area contributed by atoms with Gasteiger partial charge in [-0.15, -0.1) is 0 Å². The summed E-state index contributed by atoms with van der Waals surface area (Å²) in [5.41, 5.74) is 1.97. The van der Waals surface area contributed by atoms with Crippen molar-refractivity contribution in [3.05, 3.63) is 36.2 Å². The smallest absolute Gasteiger partial charge is 0.168 e. The number of hydrogen-bond acceptors (Lipinski definition) is 4. The van der Waals surface area contributed by atoms with Gasteiger partial charge in [0.05, 0.1) is 18.1 Å². The zero-order chi connectivity index (χ0) is 9.97. The van der Waals surface area contributed by atoms with Gasteiger partial charge in [-0.3, -0.25) is 4.79 Å². The number of aryl methyl sites for hydroxylation is 1. The molecule has 0 aliphatic carbocycles. The summed E-state index contributed by atoms with van der Waals surface area (Å²) in [7, 11) is 0. The van der Waals surface area contributed by atoms with Gasteiger partial charge in [-0.2, -0.15) is 5.10 Å². The van der Waals surface area contributed by atoms with Crippen molar-refractivity contribution >= 4 is 6.29 Å². The van der Waals surface area contributed by atoms with Gasteiger partial charge in [-0.05, 0) is 13.0 Å². The van der Waals surface area contributed by atoms with Crippen LogP contribution in [0.1, 0.15) is 16.2 Å². The fourth-order valence-electron chi connectivity index (χ4n) is 1.21. The van der Waals surface area contributed by atoms with Gasteiger partial charge in [-0.1, -0.05) is 0 Å². The lowest BCUT2D eigenvalue weighted by Gasteiger charge is -2.00. The van der Waals surface area contributed by atoms with Gasteiger partial charge in [0, 0.05) is 0 Å². The number of hydrogen-bond donors (Lipinski definition) is 0. The highest BCUT2D eigenvalue weighted by Crippen LogP contribution is 2.08. The van der Waals surface area contributed by atoms with Crippen LogP contribution in [-0.2, 0) is 0 Å². The van der Waals surface area contributed by atoms with E-state index in [0.717, 1.165) is 12.0 Å². The zero-order valence-corrected chi connectivity index (χ0v) is 7.58. The minimum Gasteiger partial charge on any atom is -0.296 e. The van der Waals surface area contributed by atoms with E-state index in [2.05, 4.69) is 15.1 Å². The van der Waals surface area contributed by atoms with Crippen LogP contribution in [0.5, 0.6) is 0 Å². The SMILES string of the molecule is Cc1cc(C=O)n(-c2cncnc2)n1. The average Bonchev–Trinajstić information content (AvgIpc) is 2.61. The van der Waals surface area contributed by atoms with Gasteiger partial charge in [0.25, 0.3) is 0 Å². The molecule has 0 saturated carbocycles. The summed E-state index contributed by atoms with van der Waals surface area (Å²) in [6.07, 6.45) is 5.40. The molecule has 2 aromatic rings. The van der Waals surface area contributed by atoms with Crippen molar-refractivity contribution in [3.63, 3.8) is 0 Å². The molecule has 0 aliphatic rings. The maximum atomic E-state index is 10.7. The van der Waals surface area contributed by atoms with Gasteiger partial charge in [-0.25, -0.2) is 14.6 Å². The standard InChI is InChI=1S/C9H8N4O/c1-7-2-8(5-14)13(12-7)9-3-10-6-11-4-9/h2-6H,1H3. The molecule has 5 heteroatoms. The molecule has 5 nitrogen and oxygen atoms in total. The van der Waals surface area contributed by atoms with E-state index in [-0.39, 0.29) is 0 Å². The van der Waals surface area contributed by atoms with Crippen LogP contribution >= 0.6 is 0 Å². The highest BCUT2D eigenvalue weighted by Gasteiger charge is 2.05. The largest absolute Gasteiger partial charge is 0.296 e. The Labute approximate surface area is 80.4 Å². The number of nitrogens with zero attached hydrogens (tertiary/aromatic N) is 4. The Morgan fingerprint density at radius 3 is 2.71 bits per heavy atom. The summed E-state index contributed by atoms with van der Waals surface area (Å²) in [5.74, 6) is 0. The average molecular weight is 188 g/mol. The van der Waals surface area contributed by atoms with Gasteiger partial charge >= 0.3 is 0 Å². The maximum Gasteiger partial charge on any atom is 0.168 e. The monoisotopic (exact) mass is 188 g/mol. The summed E-state index contributed by atoms with van der Waals surface area (Å²) < 4.78 is 1.52. The fraction of sp³-hybridized carbons (Fsp3) is 0.111. The van der Waals surface area contributed by atoms with Gasteiger partial charge in [0.15, 0.2) is 6.29 Å². The summed E-state index contributed by atoms with van der Waals surface area (Å²) in [6.45, 7) is 1.83. The van der Waals surface area contributed by atoms with Gasteiger partial charge in [0.2, 0.25) is 0 Å². The van der Waals surface area contributed by atoms with Crippen LogP contribution in [0.2, 0.25) is 0 Å². The Kier molecular flexibility index (Phi) is 2.06. The third kappa shape index (κ3) is 1.39. The maximum absolute atomic E-state index is 10.7.